The zero-order valence-electron chi connectivity index (χ0n) is 17.5. The van der Waals surface area contributed by atoms with Gasteiger partial charge in [0.05, 0.1) is 23.2 Å². The van der Waals surface area contributed by atoms with Gasteiger partial charge in [0, 0.05) is 28.1 Å². The van der Waals surface area contributed by atoms with Gasteiger partial charge >= 0.3 is 0 Å². The minimum absolute atomic E-state index is 0.0969. The number of H-pyrrole nitrogens is 1. The van der Waals surface area contributed by atoms with E-state index in [2.05, 4.69) is 37.1 Å². The molecular formula is C24H20BrClN4O3. The van der Waals surface area contributed by atoms with Crippen molar-refractivity contribution in [3.05, 3.63) is 75.0 Å². The van der Waals surface area contributed by atoms with Crippen molar-refractivity contribution in [2.24, 2.45) is 0 Å². The summed E-state index contributed by atoms with van der Waals surface area (Å²) in [5.74, 6) is 2.49. The van der Waals surface area contributed by atoms with Gasteiger partial charge in [0.1, 0.15) is 18.5 Å². The van der Waals surface area contributed by atoms with E-state index in [-0.39, 0.29) is 25.0 Å². The zero-order chi connectivity index (χ0) is 23.4. The van der Waals surface area contributed by atoms with Gasteiger partial charge in [0.2, 0.25) is 0 Å². The highest BCUT2D eigenvalue weighted by molar-refractivity contribution is 9.10. The van der Waals surface area contributed by atoms with E-state index in [1.54, 1.807) is 41.3 Å². The summed E-state index contributed by atoms with van der Waals surface area (Å²) in [6, 6.07) is 9.62. The zero-order valence-corrected chi connectivity index (χ0v) is 19.8. The second-order valence-electron chi connectivity index (χ2n) is 7.40. The van der Waals surface area contributed by atoms with Crippen molar-refractivity contribution in [2.75, 3.05) is 26.3 Å². The fourth-order valence-electron chi connectivity index (χ4n) is 3.48. The third-order valence-electron chi connectivity index (χ3n) is 5.13. The molecule has 2 aromatic carbocycles. The van der Waals surface area contributed by atoms with Gasteiger partial charge in [-0.3, -0.25) is 9.59 Å². The molecule has 0 bridgehead atoms. The average molecular weight is 528 g/mol. The normalized spacial score (nSPS) is 13.8. The molecule has 2 amide bonds. The Hall–Kier alpha value is -3.12. The molecule has 1 aliphatic rings. The maximum absolute atomic E-state index is 13.0. The molecule has 0 aliphatic carbocycles. The quantitative estimate of drug-likeness (QED) is 0.275. The summed E-state index contributed by atoms with van der Waals surface area (Å²) < 4.78 is 6.03. The summed E-state index contributed by atoms with van der Waals surface area (Å²) in [5.41, 5.74) is 2.35. The van der Waals surface area contributed by atoms with E-state index in [4.69, 9.17) is 22.8 Å². The number of imidazole rings is 1. The van der Waals surface area contributed by atoms with E-state index in [1.807, 2.05) is 12.2 Å². The number of hydrogen-bond acceptors (Lipinski definition) is 4. The molecule has 1 aliphatic heterocycles. The number of hydrogen-bond donors (Lipinski definition) is 2. The second-order valence-corrected chi connectivity index (χ2v) is 8.70. The van der Waals surface area contributed by atoms with Crippen LogP contribution < -0.4 is 5.32 Å². The fourth-order valence-corrected chi connectivity index (χ4v) is 4.20. The first-order valence-corrected chi connectivity index (χ1v) is 11.3. The van der Waals surface area contributed by atoms with Gasteiger partial charge in [0.25, 0.3) is 11.8 Å². The molecule has 1 atom stereocenters. The minimum Gasteiger partial charge on any atom is -0.366 e. The van der Waals surface area contributed by atoms with Crippen LogP contribution in [0.4, 0.5) is 0 Å². The first-order chi connectivity index (χ1) is 16.0. The first-order valence-electron chi connectivity index (χ1n) is 10.2. The lowest BCUT2D eigenvalue weighted by Crippen LogP contribution is -2.32. The Morgan fingerprint density at radius 2 is 2.06 bits per heavy atom. The number of benzene rings is 2. The van der Waals surface area contributed by atoms with Gasteiger partial charge in [0.15, 0.2) is 0 Å². The van der Waals surface area contributed by atoms with Crippen LogP contribution in [-0.4, -0.2) is 53.0 Å². The number of carbonyl (C=O) groups is 2. The van der Waals surface area contributed by atoms with Gasteiger partial charge in [-0.05, 0) is 52.3 Å². The van der Waals surface area contributed by atoms with Crippen molar-refractivity contribution < 1.29 is 14.3 Å². The van der Waals surface area contributed by atoms with Crippen LogP contribution in [-0.2, 0) is 4.74 Å². The Balaban J connectivity index is 1.54. The largest absolute Gasteiger partial charge is 0.366 e. The van der Waals surface area contributed by atoms with Crippen LogP contribution in [0.15, 0.2) is 53.0 Å². The molecule has 9 heteroatoms. The van der Waals surface area contributed by atoms with Crippen molar-refractivity contribution in [3.63, 3.8) is 0 Å². The Labute approximate surface area is 204 Å². The Morgan fingerprint density at radius 3 is 2.79 bits per heavy atom. The van der Waals surface area contributed by atoms with Crippen LogP contribution in [0, 0.1) is 12.3 Å². The first kappa shape index (κ1) is 23.1. The predicted octanol–water partition coefficient (Wildman–Crippen LogP) is 4.11. The van der Waals surface area contributed by atoms with Gasteiger partial charge in [-0.2, -0.15) is 0 Å². The number of carbonyl (C=O) groups excluding carboxylic acids is 2. The summed E-state index contributed by atoms with van der Waals surface area (Å²) >= 11 is 9.50. The fraction of sp³-hybridized carbons (Fsp3) is 0.208. The maximum atomic E-state index is 13.0. The molecular weight excluding hydrogens is 508 g/mol. The van der Waals surface area contributed by atoms with E-state index in [9.17, 15) is 9.59 Å². The smallest absolute Gasteiger partial charge is 0.255 e. The topological polar surface area (TPSA) is 87.3 Å². The van der Waals surface area contributed by atoms with E-state index in [1.165, 1.54) is 0 Å². The van der Waals surface area contributed by atoms with Crippen molar-refractivity contribution in [3.8, 4) is 12.3 Å². The highest BCUT2D eigenvalue weighted by Crippen LogP contribution is 2.23. The van der Waals surface area contributed by atoms with E-state index in [0.717, 1.165) is 5.52 Å². The Bertz CT molecular complexity index is 1270. The van der Waals surface area contributed by atoms with Crippen molar-refractivity contribution in [1.29, 1.82) is 0 Å². The molecule has 1 unspecified atom stereocenters. The Kier molecular flexibility index (Phi) is 7.14. The van der Waals surface area contributed by atoms with Gasteiger partial charge in [-0.15, -0.1) is 6.42 Å². The van der Waals surface area contributed by atoms with Crippen LogP contribution in [0.3, 0.4) is 0 Å². The molecule has 0 fully saturated rings. The second kappa shape index (κ2) is 10.2. The highest BCUT2D eigenvalue weighted by Gasteiger charge is 2.23. The average Bonchev–Trinajstić information content (AvgIpc) is 3.48. The molecule has 1 aromatic heterocycles. The lowest BCUT2D eigenvalue weighted by molar-refractivity contribution is 0.0797. The number of aromatic nitrogens is 2. The number of terminal acetylenes is 1. The van der Waals surface area contributed by atoms with Crippen LogP contribution in [0.2, 0.25) is 5.02 Å². The summed E-state index contributed by atoms with van der Waals surface area (Å²) in [5, 5.41) is 3.50. The minimum atomic E-state index is -0.576. The SMILES string of the molecule is C#CCOCC(NC(=O)c1ccc(C(=O)N2CC=CC2)c(Br)c1)c1nc2ccc(Cl)cc2[nH]1. The molecule has 0 saturated heterocycles. The molecule has 4 rings (SSSR count). The van der Waals surface area contributed by atoms with E-state index < -0.39 is 6.04 Å². The van der Waals surface area contributed by atoms with Crippen molar-refractivity contribution in [2.45, 2.75) is 6.04 Å². The molecule has 3 aromatic rings. The number of amides is 2. The van der Waals surface area contributed by atoms with Crippen LogP contribution >= 0.6 is 27.5 Å². The number of rotatable bonds is 7. The number of nitrogens with one attached hydrogen (secondary N) is 2. The van der Waals surface area contributed by atoms with Crippen LogP contribution in [0.25, 0.3) is 11.0 Å². The Morgan fingerprint density at radius 1 is 1.27 bits per heavy atom. The number of nitrogens with zero attached hydrogens (tertiary/aromatic N) is 2. The highest BCUT2D eigenvalue weighted by atomic mass is 79.9. The third kappa shape index (κ3) is 5.28. The van der Waals surface area contributed by atoms with Crippen molar-refractivity contribution >= 4 is 50.4 Å². The third-order valence-corrected chi connectivity index (χ3v) is 6.03. The molecule has 2 heterocycles. The van der Waals surface area contributed by atoms with Gasteiger partial charge in [-0.1, -0.05) is 29.7 Å². The number of fused-ring (bicyclic) bond motifs is 1. The molecule has 168 valence electrons. The number of halogens is 2. The van der Waals surface area contributed by atoms with Gasteiger partial charge < -0.3 is 19.9 Å². The lowest BCUT2D eigenvalue weighted by Gasteiger charge is -2.18. The van der Waals surface area contributed by atoms with Crippen LogP contribution in [0.5, 0.6) is 0 Å². The van der Waals surface area contributed by atoms with Crippen molar-refractivity contribution in [1.82, 2.24) is 20.2 Å². The van der Waals surface area contributed by atoms with Crippen LogP contribution in [0.1, 0.15) is 32.6 Å². The maximum Gasteiger partial charge on any atom is 0.255 e. The molecule has 33 heavy (non-hydrogen) atoms. The summed E-state index contributed by atoms with van der Waals surface area (Å²) in [4.78, 5) is 35.1. The predicted molar refractivity (Wildman–Crippen MR) is 130 cm³/mol. The molecule has 0 spiro atoms. The summed E-state index contributed by atoms with van der Waals surface area (Å²) in [7, 11) is 0. The van der Waals surface area contributed by atoms with Gasteiger partial charge in [-0.25, -0.2) is 4.98 Å². The molecule has 0 radical (unpaired) electrons. The lowest BCUT2D eigenvalue weighted by atomic mass is 10.1. The monoisotopic (exact) mass is 526 g/mol. The summed E-state index contributed by atoms with van der Waals surface area (Å²) in [6.45, 7) is 1.39. The van der Waals surface area contributed by atoms with E-state index >= 15 is 0 Å². The molecule has 7 nitrogen and oxygen atoms in total. The molecule has 2 N–H and O–H groups in total. The number of ether oxygens (including phenoxy) is 1. The summed E-state index contributed by atoms with van der Waals surface area (Å²) in [6.07, 6.45) is 9.18. The van der Waals surface area contributed by atoms with E-state index in [0.29, 0.717) is 45.1 Å². The number of aromatic amines is 1. The molecule has 0 saturated carbocycles. The standard InChI is InChI=1S/C24H20BrClN4O3/c1-2-11-33-14-21(22-27-19-8-6-16(26)13-20(19)28-22)29-23(31)15-5-7-17(18(25)12-15)24(32)30-9-3-4-10-30/h1,3-8,12-13,21H,9-11,14H2,(H,27,28)(H,29,31).